The molecule has 0 saturated carbocycles. The normalized spacial score (nSPS) is 16.6. The largest absolute Gasteiger partial charge is 0.481 e. The summed E-state index contributed by atoms with van der Waals surface area (Å²) in [4.78, 5) is 12.4. The highest BCUT2D eigenvalue weighted by atomic mass is 35.5. The molecule has 2 aromatic rings. The Morgan fingerprint density at radius 2 is 1.89 bits per heavy atom. The van der Waals surface area contributed by atoms with Crippen molar-refractivity contribution in [3.05, 3.63) is 52.3 Å². The zero-order valence-corrected chi connectivity index (χ0v) is 17.1. The highest BCUT2D eigenvalue weighted by Gasteiger charge is 2.30. The summed E-state index contributed by atoms with van der Waals surface area (Å²) in [6, 6.07) is 8.33. The van der Waals surface area contributed by atoms with Gasteiger partial charge >= 0.3 is 0 Å². The number of halogens is 3. The lowest BCUT2D eigenvalue weighted by atomic mass is 10.2. The number of hydrogen-bond acceptors (Lipinski definition) is 4. The molecule has 1 amide bonds. The quantitative estimate of drug-likeness (QED) is 0.750. The molecule has 1 fully saturated rings. The van der Waals surface area contributed by atoms with Crippen molar-refractivity contribution in [2.75, 3.05) is 21.9 Å². The zero-order valence-electron chi connectivity index (χ0n) is 14.8. The fraction of sp³-hybridized carbons (Fsp3) is 0.278. The van der Waals surface area contributed by atoms with Crippen LogP contribution in [0.4, 0.5) is 15.8 Å². The summed E-state index contributed by atoms with van der Waals surface area (Å²) in [6.45, 7) is 1.73. The molecule has 0 radical (unpaired) electrons. The van der Waals surface area contributed by atoms with Gasteiger partial charge in [-0.1, -0.05) is 23.2 Å². The van der Waals surface area contributed by atoms with Crippen LogP contribution in [0.15, 0.2) is 36.4 Å². The molecule has 1 saturated heterocycles. The summed E-state index contributed by atoms with van der Waals surface area (Å²) in [5.41, 5.74) is 0.161. The van der Waals surface area contributed by atoms with Crippen LogP contribution >= 0.6 is 23.2 Å². The van der Waals surface area contributed by atoms with Crippen molar-refractivity contribution in [3.63, 3.8) is 0 Å². The van der Waals surface area contributed by atoms with E-state index in [9.17, 15) is 17.6 Å². The van der Waals surface area contributed by atoms with Gasteiger partial charge in [0.15, 0.2) is 6.10 Å². The molecule has 0 bridgehead atoms. The Kier molecular flexibility index (Phi) is 6.02. The Hall–Kier alpha value is -2.03. The SMILES string of the molecule is CC(Oc1cc(Cl)cc(Cl)c1)C(=O)Nc1ccc(F)c(N2CCCS2(=O)=O)c1. The highest BCUT2D eigenvalue weighted by Crippen LogP contribution is 2.30. The number of benzene rings is 2. The molecular weight excluding hydrogens is 430 g/mol. The van der Waals surface area contributed by atoms with Gasteiger partial charge in [0.2, 0.25) is 10.0 Å². The van der Waals surface area contributed by atoms with Gasteiger partial charge in [-0.3, -0.25) is 9.10 Å². The lowest BCUT2D eigenvalue weighted by Crippen LogP contribution is -2.30. The minimum atomic E-state index is -3.54. The van der Waals surface area contributed by atoms with E-state index in [4.69, 9.17) is 27.9 Å². The third-order valence-corrected chi connectivity index (χ3v) is 6.39. The molecule has 2 aromatic carbocycles. The summed E-state index contributed by atoms with van der Waals surface area (Å²) in [5, 5.41) is 3.32. The molecule has 0 aromatic heterocycles. The first-order valence-corrected chi connectivity index (χ1v) is 10.8. The van der Waals surface area contributed by atoms with Crippen LogP contribution in [-0.2, 0) is 14.8 Å². The number of nitrogens with zero attached hydrogens (tertiary/aromatic N) is 1. The fourth-order valence-electron chi connectivity index (χ4n) is 2.79. The lowest BCUT2D eigenvalue weighted by Gasteiger charge is -2.19. The van der Waals surface area contributed by atoms with Gasteiger partial charge in [-0.25, -0.2) is 12.8 Å². The number of rotatable bonds is 5. The predicted molar refractivity (Wildman–Crippen MR) is 107 cm³/mol. The summed E-state index contributed by atoms with van der Waals surface area (Å²) in [6.07, 6.45) is -0.482. The lowest BCUT2D eigenvalue weighted by molar-refractivity contribution is -0.122. The van der Waals surface area contributed by atoms with Crippen molar-refractivity contribution in [2.45, 2.75) is 19.4 Å². The number of hydrogen-bond donors (Lipinski definition) is 1. The van der Waals surface area contributed by atoms with E-state index in [1.54, 1.807) is 0 Å². The van der Waals surface area contributed by atoms with Crippen LogP contribution in [0.1, 0.15) is 13.3 Å². The number of carbonyl (C=O) groups is 1. The molecule has 0 aliphatic carbocycles. The smallest absolute Gasteiger partial charge is 0.265 e. The molecule has 10 heteroatoms. The molecule has 28 heavy (non-hydrogen) atoms. The Morgan fingerprint density at radius 1 is 1.21 bits per heavy atom. The predicted octanol–water partition coefficient (Wildman–Crippen LogP) is 4.08. The zero-order chi connectivity index (χ0) is 20.5. The van der Waals surface area contributed by atoms with Gasteiger partial charge in [-0.2, -0.15) is 0 Å². The Morgan fingerprint density at radius 3 is 2.50 bits per heavy atom. The Balaban J connectivity index is 1.74. The van der Waals surface area contributed by atoms with Gasteiger partial charge in [-0.15, -0.1) is 0 Å². The molecule has 1 unspecified atom stereocenters. The van der Waals surface area contributed by atoms with Crippen LogP contribution in [0, 0.1) is 5.82 Å². The maximum absolute atomic E-state index is 14.2. The van der Waals surface area contributed by atoms with Crippen molar-refractivity contribution < 1.29 is 22.3 Å². The minimum Gasteiger partial charge on any atom is -0.481 e. The minimum absolute atomic E-state index is 0.0317. The summed E-state index contributed by atoms with van der Waals surface area (Å²) < 4.78 is 44.8. The van der Waals surface area contributed by atoms with E-state index in [1.165, 1.54) is 37.3 Å². The van der Waals surface area contributed by atoms with E-state index < -0.39 is 27.9 Å². The molecule has 1 aliphatic heterocycles. The molecule has 1 atom stereocenters. The van der Waals surface area contributed by atoms with Gasteiger partial charge in [0.25, 0.3) is 5.91 Å². The van der Waals surface area contributed by atoms with Gasteiger partial charge in [-0.05, 0) is 49.7 Å². The average molecular weight is 447 g/mol. The van der Waals surface area contributed by atoms with Crippen molar-refractivity contribution in [3.8, 4) is 5.75 Å². The standard InChI is InChI=1S/C18H17Cl2FN2O4S/c1-11(27-15-8-12(19)7-13(20)9-15)18(24)22-14-3-4-16(21)17(10-14)23-5-2-6-28(23,25)26/h3-4,7-11H,2,5-6H2,1H3,(H,22,24). The molecule has 0 spiro atoms. The first-order valence-electron chi connectivity index (χ1n) is 8.39. The second-order valence-electron chi connectivity index (χ2n) is 6.26. The Bertz CT molecular complexity index is 996. The number of ether oxygens (including phenoxy) is 1. The first kappa shape index (κ1) is 20.7. The van der Waals surface area contributed by atoms with E-state index >= 15 is 0 Å². The second-order valence-corrected chi connectivity index (χ2v) is 9.15. The molecule has 150 valence electrons. The molecule has 1 N–H and O–H groups in total. The van der Waals surface area contributed by atoms with E-state index in [0.29, 0.717) is 22.2 Å². The maximum atomic E-state index is 14.2. The van der Waals surface area contributed by atoms with Crippen LogP contribution in [0.5, 0.6) is 5.75 Å². The number of carbonyl (C=O) groups excluding carboxylic acids is 1. The number of nitrogens with one attached hydrogen (secondary N) is 1. The third kappa shape index (κ3) is 4.68. The van der Waals surface area contributed by atoms with Crippen molar-refractivity contribution in [1.82, 2.24) is 0 Å². The van der Waals surface area contributed by atoms with Crippen molar-refractivity contribution in [1.29, 1.82) is 0 Å². The van der Waals surface area contributed by atoms with E-state index in [-0.39, 0.29) is 23.7 Å². The number of anilines is 2. The number of sulfonamides is 1. The number of amides is 1. The van der Waals surface area contributed by atoms with Crippen LogP contribution in [0.25, 0.3) is 0 Å². The average Bonchev–Trinajstić information content (AvgIpc) is 2.94. The molecule has 1 heterocycles. The van der Waals surface area contributed by atoms with Gasteiger partial charge < -0.3 is 10.1 Å². The van der Waals surface area contributed by atoms with Crippen molar-refractivity contribution in [2.24, 2.45) is 0 Å². The fourth-order valence-corrected chi connectivity index (χ4v) is 4.86. The second kappa shape index (κ2) is 8.14. The first-order chi connectivity index (χ1) is 13.2. The summed E-state index contributed by atoms with van der Waals surface area (Å²) >= 11 is 11.8. The van der Waals surface area contributed by atoms with Gasteiger partial charge in [0, 0.05) is 22.3 Å². The Labute approximate surface area is 172 Å². The molecule has 1 aliphatic rings. The van der Waals surface area contributed by atoms with E-state index in [1.807, 2.05) is 0 Å². The van der Waals surface area contributed by atoms with Crippen LogP contribution in [0.2, 0.25) is 10.0 Å². The highest BCUT2D eigenvalue weighted by molar-refractivity contribution is 7.93. The van der Waals surface area contributed by atoms with Crippen molar-refractivity contribution >= 4 is 50.5 Å². The third-order valence-electron chi connectivity index (χ3n) is 4.10. The molecule has 6 nitrogen and oxygen atoms in total. The summed E-state index contributed by atoms with van der Waals surface area (Å²) in [7, 11) is -3.54. The van der Waals surface area contributed by atoms with E-state index in [2.05, 4.69) is 5.32 Å². The van der Waals surface area contributed by atoms with Crippen LogP contribution in [0.3, 0.4) is 0 Å². The molecular formula is C18H17Cl2FN2O4S. The van der Waals surface area contributed by atoms with Gasteiger partial charge in [0.05, 0.1) is 11.4 Å². The topological polar surface area (TPSA) is 75.7 Å². The molecule has 3 rings (SSSR count). The van der Waals surface area contributed by atoms with Crippen LogP contribution < -0.4 is 14.4 Å². The van der Waals surface area contributed by atoms with Crippen LogP contribution in [-0.4, -0.2) is 32.7 Å². The maximum Gasteiger partial charge on any atom is 0.265 e. The van der Waals surface area contributed by atoms with Gasteiger partial charge in [0.1, 0.15) is 11.6 Å². The monoisotopic (exact) mass is 446 g/mol. The summed E-state index contributed by atoms with van der Waals surface area (Å²) in [5.74, 6) is -0.891. The van der Waals surface area contributed by atoms with E-state index in [0.717, 1.165) is 10.4 Å².